The van der Waals surface area contributed by atoms with Crippen molar-refractivity contribution in [2.45, 2.75) is 13.0 Å². The van der Waals surface area contributed by atoms with Crippen LogP contribution in [0.5, 0.6) is 0 Å². The van der Waals surface area contributed by atoms with Crippen molar-refractivity contribution in [1.82, 2.24) is 14.9 Å². The minimum absolute atomic E-state index is 0.000268. The molecular formula is C15H15N3O2S. The van der Waals surface area contributed by atoms with Gasteiger partial charge in [-0.25, -0.2) is 4.98 Å². The van der Waals surface area contributed by atoms with Gasteiger partial charge in [-0.2, -0.15) is 0 Å². The third-order valence-electron chi connectivity index (χ3n) is 2.74. The summed E-state index contributed by atoms with van der Waals surface area (Å²) in [7, 11) is 1.73. The number of hydrogen-bond donors (Lipinski definition) is 1. The second-order valence-corrected chi connectivity index (χ2v) is 5.06. The third-order valence-corrected chi connectivity index (χ3v) is 3.38. The summed E-state index contributed by atoms with van der Waals surface area (Å²) >= 11 is 1.50. The molecule has 21 heavy (non-hydrogen) atoms. The molecule has 0 atom stereocenters. The average Bonchev–Trinajstić information content (AvgIpc) is 3.00. The normalized spacial score (nSPS) is 9.81. The summed E-state index contributed by atoms with van der Waals surface area (Å²) < 4.78 is 0. The molecule has 5 nitrogen and oxygen atoms in total. The van der Waals surface area contributed by atoms with Crippen LogP contribution < -0.4 is 0 Å². The number of amides is 1. The second-order valence-electron chi connectivity index (χ2n) is 4.34. The van der Waals surface area contributed by atoms with Gasteiger partial charge in [0.15, 0.2) is 0 Å². The minimum atomic E-state index is -0.126. The standard InChI is InChI=1S/C15H15N3O2S/c1-18(9-13-10-21-11-17-13)15(20)14-5-6-16-8-12(14)4-2-3-7-19/h5-6,8,10-11,19H,3,7,9H2,1H3. The Morgan fingerprint density at radius 1 is 1.52 bits per heavy atom. The number of aromatic nitrogens is 2. The molecule has 0 aromatic carbocycles. The first-order chi connectivity index (χ1) is 10.2. The number of thiazole rings is 1. The molecule has 2 aromatic rings. The first-order valence-corrected chi connectivity index (χ1v) is 7.33. The lowest BCUT2D eigenvalue weighted by atomic mass is 10.1. The molecule has 0 radical (unpaired) electrons. The molecule has 2 rings (SSSR count). The van der Waals surface area contributed by atoms with E-state index in [9.17, 15) is 4.79 Å². The highest BCUT2D eigenvalue weighted by Gasteiger charge is 2.15. The summed E-state index contributed by atoms with van der Waals surface area (Å²) in [5, 5.41) is 10.7. The van der Waals surface area contributed by atoms with Gasteiger partial charge < -0.3 is 10.0 Å². The quantitative estimate of drug-likeness (QED) is 0.870. The van der Waals surface area contributed by atoms with Crippen LogP contribution in [0.25, 0.3) is 0 Å². The summed E-state index contributed by atoms with van der Waals surface area (Å²) in [5.74, 6) is 5.56. The molecule has 0 saturated carbocycles. The van der Waals surface area contributed by atoms with E-state index in [4.69, 9.17) is 5.11 Å². The Hall–Kier alpha value is -2.23. The molecular weight excluding hydrogens is 286 g/mol. The van der Waals surface area contributed by atoms with Gasteiger partial charge in [0, 0.05) is 31.2 Å². The maximum Gasteiger partial charge on any atom is 0.255 e. The van der Waals surface area contributed by atoms with Gasteiger partial charge in [-0.15, -0.1) is 11.3 Å². The van der Waals surface area contributed by atoms with E-state index in [0.717, 1.165) is 5.69 Å². The van der Waals surface area contributed by atoms with Gasteiger partial charge in [-0.05, 0) is 6.07 Å². The van der Waals surface area contributed by atoms with Gasteiger partial charge in [0.25, 0.3) is 5.91 Å². The predicted molar refractivity (Wildman–Crippen MR) is 80.7 cm³/mol. The van der Waals surface area contributed by atoms with Crippen molar-refractivity contribution in [3.8, 4) is 11.8 Å². The van der Waals surface area contributed by atoms with Crippen molar-refractivity contribution in [2.75, 3.05) is 13.7 Å². The van der Waals surface area contributed by atoms with E-state index >= 15 is 0 Å². The van der Waals surface area contributed by atoms with Crippen LogP contribution in [0.2, 0.25) is 0 Å². The molecule has 1 amide bonds. The Kier molecular flexibility index (Phi) is 5.43. The summed E-state index contributed by atoms with van der Waals surface area (Å²) in [4.78, 5) is 22.2. The Balaban J connectivity index is 2.17. The van der Waals surface area contributed by atoms with Crippen LogP contribution in [0.15, 0.2) is 29.4 Å². The van der Waals surface area contributed by atoms with E-state index in [2.05, 4.69) is 21.8 Å². The summed E-state index contributed by atoms with van der Waals surface area (Å²) in [6.45, 7) is 0.453. The Labute approximate surface area is 127 Å². The number of aliphatic hydroxyl groups is 1. The molecule has 0 aliphatic heterocycles. The smallest absolute Gasteiger partial charge is 0.255 e. The van der Waals surface area contributed by atoms with Crippen molar-refractivity contribution in [1.29, 1.82) is 0 Å². The van der Waals surface area contributed by atoms with Crippen LogP contribution in [-0.4, -0.2) is 39.5 Å². The van der Waals surface area contributed by atoms with Gasteiger partial charge in [-0.1, -0.05) is 11.8 Å². The molecule has 0 aliphatic rings. The minimum Gasteiger partial charge on any atom is -0.395 e. The molecule has 2 aromatic heterocycles. The van der Waals surface area contributed by atoms with Gasteiger partial charge >= 0.3 is 0 Å². The third kappa shape index (κ3) is 4.12. The molecule has 0 aliphatic carbocycles. The number of carbonyl (C=O) groups excluding carboxylic acids is 1. The van der Waals surface area contributed by atoms with E-state index < -0.39 is 0 Å². The van der Waals surface area contributed by atoms with Crippen molar-refractivity contribution >= 4 is 17.2 Å². The zero-order valence-electron chi connectivity index (χ0n) is 11.6. The average molecular weight is 301 g/mol. The van der Waals surface area contributed by atoms with Crippen LogP contribution >= 0.6 is 11.3 Å². The van der Waals surface area contributed by atoms with Crippen LogP contribution in [0, 0.1) is 11.8 Å². The first-order valence-electron chi connectivity index (χ1n) is 6.38. The Bertz CT molecular complexity index is 659. The summed E-state index contributed by atoms with van der Waals surface area (Å²) in [5.41, 5.74) is 3.68. The van der Waals surface area contributed by atoms with Gasteiger partial charge in [0.2, 0.25) is 0 Å². The van der Waals surface area contributed by atoms with E-state index in [1.54, 1.807) is 35.9 Å². The SMILES string of the molecule is CN(Cc1cscn1)C(=O)c1ccncc1C#CCCO. The fourth-order valence-electron chi connectivity index (χ4n) is 1.73. The number of hydrogen-bond acceptors (Lipinski definition) is 5. The maximum absolute atomic E-state index is 12.5. The second kappa shape index (κ2) is 7.53. The van der Waals surface area contributed by atoms with E-state index in [-0.39, 0.29) is 12.5 Å². The van der Waals surface area contributed by atoms with E-state index in [1.807, 2.05) is 5.38 Å². The highest BCUT2D eigenvalue weighted by Crippen LogP contribution is 2.11. The zero-order chi connectivity index (χ0) is 15.1. The number of nitrogens with zero attached hydrogens (tertiary/aromatic N) is 3. The number of rotatable bonds is 4. The number of aliphatic hydroxyl groups excluding tert-OH is 1. The summed E-state index contributed by atoms with van der Waals surface area (Å²) in [6, 6.07) is 1.66. The van der Waals surface area contributed by atoms with Crippen molar-refractivity contribution in [3.05, 3.63) is 46.2 Å². The van der Waals surface area contributed by atoms with Crippen LogP contribution in [0.3, 0.4) is 0 Å². The van der Waals surface area contributed by atoms with E-state index in [0.29, 0.717) is 24.1 Å². The maximum atomic E-state index is 12.5. The van der Waals surface area contributed by atoms with E-state index in [1.165, 1.54) is 11.3 Å². The lowest BCUT2D eigenvalue weighted by Crippen LogP contribution is -2.27. The molecule has 108 valence electrons. The molecule has 0 unspecified atom stereocenters. The van der Waals surface area contributed by atoms with Crippen LogP contribution in [0.4, 0.5) is 0 Å². The Morgan fingerprint density at radius 3 is 3.10 bits per heavy atom. The van der Waals surface area contributed by atoms with Crippen molar-refractivity contribution in [2.24, 2.45) is 0 Å². The molecule has 6 heteroatoms. The van der Waals surface area contributed by atoms with Crippen molar-refractivity contribution in [3.63, 3.8) is 0 Å². The number of carbonyl (C=O) groups is 1. The molecule has 0 spiro atoms. The molecule has 0 saturated heterocycles. The summed E-state index contributed by atoms with van der Waals surface area (Å²) in [6.07, 6.45) is 3.51. The van der Waals surface area contributed by atoms with Crippen LogP contribution in [0.1, 0.15) is 28.0 Å². The zero-order valence-corrected chi connectivity index (χ0v) is 12.4. The number of pyridine rings is 1. The predicted octanol–water partition coefficient (Wildman–Crippen LogP) is 1.54. The highest BCUT2D eigenvalue weighted by atomic mass is 32.1. The fourth-order valence-corrected chi connectivity index (χ4v) is 2.28. The van der Waals surface area contributed by atoms with Crippen molar-refractivity contribution < 1.29 is 9.90 Å². The lowest BCUT2D eigenvalue weighted by Gasteiger charge is -2.16. The van der Waals surface area contributed by atoms with Gasteiger partial charge in [0.05, 0.1) is 35.5 Å². The fraction of sp³-hybridized carbons (Fsp3) is 0.267. The molecule has 0 bridgehead atoms. The Morgan fingerprint density at radius 2 is 2.38 bits per heavy atom. The first kappa shape index (κ1) is 15.2. The van der Waals surface area contributed by atoms with Gasteiger partial charge in [0.1, 0.15) is 0 Å². The molecule has 1 N–H and O–H groups in total. The van der Waals surface area contributed by atoms with Crippen LogP contribution in [-0.2, 0) is 6.54 Å². The topological polar surface area (TPSA) is 66.3 Å². The molecule has 0 fully saturated rings. The van der Waals surface area contributed by atoms with Gasteiger partial charge in [-0.3, -0.25) is 9.78 Å². The monoisotopic (exact) mass is 301 g/mol. The largest absolute Gasteiger partial charge is 0.395 e. The molecule has 2 heterocycles. The lowest BCUT2D eigenvalue weighted by molar-refractivity contribution is 0.0783. The highest BCUT2D eigenvalue weighted by molar-refractivity contribution is 7.07.